The first-order chi connectivity index (χ1) is 13.2. The predicted molar refractivity (Wildman–Crippen MR) is 108 cm³/mol. The van der Waals surface area contributed by atoms with E-state index in [1.807, 2.05) is 0 Å². The molecule has 3 fully saturated rings. The van der Waals surface area contributed by atoms with Crippen molar-refractivity contribution in [3.05, 3.63) is 22.9 Å². The number of hydrogen-bond donors (Lipinski definition) is 0. The standard InChI is InChI=1S/C21H34N6/c1-19-8-6-12-25(19)14-15-27-17-16-26(21(27)20(18-22)23-2)13-7-11-24-9-4-3-5-10-24/h19H,3-17H2,1H3/b21-20+/t19-/m1/s1. The Hall–Kier alpha value is -1.76. The average Bonchev–Trinajstić information content (AvgIpc) is 3.28. The molecule has 0 radical (unpaired) electrons. The monoisotopic (exact) mass is 370 g/mol. The van der Waals surface area contributed by atoms with E-state index in [0.717, 1.165) is 51.5 Å². The van der Waals surface area contributed by atoms with Crippen LogP contribution in [0.3, 0.4) is 0 Å². The van der Waals surface area contributed by atoms with Crippen molar-refractivity contribution in [2.45, 2.75) is 51.5 Å². The van der Waals surface area contributed by atoms with Gasteiger partial charge in [0.2, 0.25) is 0 Å². The molecule has 0 N–H and O–H groups in total. The Balaban J connectivity index is 1.56. The molecule has 6 heteroatoms. The molecule has 0 saturated carbocycles. The molecule has 0 spiro atoms. The minimum Gasteiger partial charge on any atom is -0.365 e. The zero-order valence-electron chi connectivity index (χ0n) is 16.9. The van der Waals surface area contributed by atoms with Gasteiger partial charge in [-0.25, -0.2) is 10.1 Å². The molecule has 3 heterocycles. The van der Waals surface area contributed by atoms with Crippen LogP contribution in [0, 0.1) is 17.9 Å². The summed E-state index contributed by atoms with van der Waals surface area (Å²) in [6.07, 6.45) is 7.71. The second-order valence-electron chi connectivity index (χ2n) is 8.15. The number of nitrogens with zero attached hydrogens (tertiary/aromatic N) is 6. The highest BCUT2D eigenvalue weighted by molar-refractivity contribution is 5.33. The van der Waals surface area contributed by atoms with Gasteiger partial charge in [-0.1, -0.05) is 6.42 Å². The van der Waals surface area contributed by atoms with Crippen molar-refractivity contribution in [1.82, 2.24) is 19.6 Å². The lowest BCUT2D eigenvalue weighted by atomic mass is 10.1. The molecule has 0 aliphatic carbocycles. The Kier molecular flexibility index (Phi) is 7.38. The van der Waals surface area contributed by atoms with Gasteiger partial charge in [0.25, 0.3) is 0 Å². The van der Waals surface area contributed by atoms with Gasteiger partial charge in [0.15, 0.2) is 0 Å². The summed E-state index contributed by atoms with van der Waals surface area (Å²) in [5.41, 5.74) is 0.264. The fourth-order valence-corrected chi connectivity index (χ4v) is 4.76. The third-order valence-corrected chi connectivity index (χ3v) is 6.37. The molecule has 0 aromatic heterocycles. The molecule has 0 aromatic rings. The Labute approximate surface area is 164 Å². The van der Waals surface area contributed by atoms with E-state index >= 15 is 0 Å². The lowest BCUT2D eigenvalue weighted by molar-refractivity contribution is 0.211. The molecule has 3 saturated heterocycles. The van der Waals surface area contributed by atoms with Crippen LogP contribution in [0.2, 0.25) is 0 Å². The second-order valence-corrected chi connectivity index (χ2v) is 8.15. The topological polar surface area (TPSA) is 41.1 Å². The maximum Gasteiger partial charge on any atom is 0.300 e. The number of nitriles is 1. The first kappa shape index (κ1) is 20.0. The molecule has 3 rings (SSSR count). The highest BCUT2D eigenvalue weighted by Crippen LogP contribution is 2.24. The highest BCUT2D eigenvalue weighted by atomic mass is 15.4. The van der Waals surface area contributed by atoms with Crippen LogP contribution in [-0.2, 0) is 0 Å². The Morgan fingerprint density at radius 1 is 1.00 bits per heavy atom. The molecule has 148 valence electrons. The summed E-state index contributed by atoms with van der Waals surface area (Å²) in [5, 5.41) is 9.48. The number of piperidine rings is 1. The van der Waals surface area contributed by atoms with Gasteiger partial charge in [0.1, 0.15) is 5.82 Å². The van der Waals surface area contributed by atoms with Crippen molar-refractivity contribution in [2.75, 3.05) is 58.9 Å². The summed E-state index contributed by atoms with van der Waals surface area (Å²) < 4.78 is 0. The van der Waals surface area contributed by atoms with Gasteiger partial charge in [-0.15, -0.1) is 0 Å². The van der Waals surface area contributed by atoms with Gasteiger partial charge in [-0.05, 0) is 65.2 Å². The summed E-state index contributed by atoms with van der Waals surface area (Å²) in [5.74, 6) is 0.887. The summed E-state index contributed by atoms with van der Waals surface area (Å²) in [6, 6.07) is 2.81. The van der Waals surface area contributed by atoms with Crippen molar-refractivity contribution in [3.63, 3.8) is 0 Å². The molecular formula is C21H34N6. The zero-order chi connectivity index (χ0) is 19.1. The van der Waals surface area contributed by atoms with Crippen molar-refractivity contribution in [3.8, 4) is 6.07 Å². The lowest BCUT2D eigenvalue weighted by Crippen LogP contribution is -2.36. The van der Waals surface area contributed by atoms with Gasteiger partial charge < -0.3 is 14.7 Å². The van der Waals surface area contributed by atoms with Crippen LogP contribution >= 0.6 is 0 Å². The molecule has 0 amide bonds. The van der Waals surface area contributed by atoms with Crippen LogP contribution in [0.15, 0.2) is 11.5 Å². The first-order valence-corrected chi connectivity index (χ1v) is 10.7. The second kappa shape index (κ2) is 9.97. The minimum absolute atomic E-state index is 0.264. The van der Waals surface area contributed by atoms with Gasteiger partial charge in [-0.3, -0.25) is 4.90 Å². The fourth-order valence-electron chi connectivity index (χ4n) is 4.76. The molecule has 3 aliphatic rings. The Bertz CT molecular complexity index is 579. The zero-order valence-corrected chi connectivity index (χ0v) is 16.9. The van der Waals surface area contributed by atoms with Gasteiger partial charge in [-0.2, -0.15) is 0 Å². The van der Waals surface area contributed by atoms with E-state index in [1.54, 1.807) is 0 Å². The van der Waals surface area contributed by atoms with Crippen molar-refractivity contribution >= 4 is 0 Å². The third kappa shape index (κ3) is 5.15. The summed E-state index contributed by atoms with van der Waals surface area (Å²) >= 11 is 0. The Morgan fingerprint density at radius 3 is 2.37 bits per heavy atom. The first-order valence-electron chi connectivity index (χ1n) is 10.7. The van der Waals surface area contributed by atoms with E-state index in [1.165, 1.54) is 51.7 Å². The van der Waals surface area contributed by atoms with Crippen LogP contribution in [0.5, 0.6) is 0 Å². The van der Waals surface area contributed by atoms with E-state index in [-0.39, 0.29) is 5.70 Å². The molecule has 6 nitrogen and oxygen atoms in total. The van der Waals surface area contributed by atoms with Gasteiger partial charge >= 0.3 is 5.70 Å². The molecule has 0 unspecified atom stereocenters. The molecule has 27 heavy (non-hydrogen) atoms. The quantitative estimate of drug-likeness (QED) is 0.509. The van der Waals surface area contributed by atoms with Crippen molar-refractivity contribution in [1.29, 1.82) is 5.26 Å². The number of rotatable bonds is 7. The highest BCUT2D eigenvalue weighted by Gasteiger charge is 2.29. The number of hydrogen-bond acceptors (Lipinski definition) is 5. The molecule has 0 aromatic carbocycles. The van der Waals surface area contributed by atoms with Crippen LogP contribution in [0.25, 0.3) is 4.85 Å². The van der Waals surface area contributed by atoms with Crippen LogP contribution in [0.1, 0.15) is 45.4 Å². The smallest absolute Gasteiger partial charge is 0.300 e. The summed E-state index contributed by atoms with van der Waals surface area (Å²) in [6.45, 7) is 19.3. The van der Waals surface area contributed by atoms with E-state index in [9.17, 15) is 5.26 Å². The molecular weight excluding hydrogens is 336 g/mol. The maximum atomic E-state index is 9.48. The summed E-state index contributed by atoms with van der Waals surface area (Å²) in [7, 11) is 0. The predicted octanol–water partition coefficient (Wildman–Crippen LogP) is 2.58. The van der Waals surface area contributed by atoms with Crippen molar-refractivity contribution in [2.24, 2.45) is 0 Å². The lowest BCUT2D eigenvalue weighted by Gasteiger charge is -2.30. The fraction of sp³-hybridized carbons (Fsp3) is 0.810. The van der Waals surface area contributed by atoms with E-state index in [4.69, 9.17) is 6.57 Å². The van der Waals surface area contributed by atoms with E-state index < -0.39 is 0 Å². The number of allylic oxidation sites excluding steroid dienone is 1. The van der Waals surface area contributed by atoms with E-state index in [2.05, 4.69) is 37.4 Å². The molecule has 3 aliphatic heterocycles. The van der Waals surface area contributed by atoms with Gasteiger partial charge in [0.05, 0.1) is 12.6 Å². The minimum atomic E-state index is 0.264. The SMILES string of the molecule is [C-]#[N+]/C(C#N)=C1\N(CCCN2CCCCC2)CCN1CCN1CCC[C@H]1C. The molecule has 0 bridgehead atoms. The van der Waals surface area contributed by atoms with Crippen molar-refractivity contribution < 1.29 is 0 Å². The number of likely N-dealkylation sites (tertiary alicyclic amines) is 2. The van der Waals surface area contributed by atoms with Crippen LogP contribution in [-0.4, -0.2) is 84.5 Å². The van der Waals surface area contributed by atoms with Crippen LogP contribution in [0.4, 0.5) is 0 Å². The summed E-state index contributed by atoms with van der Waals surface area (Å²) in [4.78, 5) is 13.2. The van der Waals surface area contributed by atoms with Crippen LogP contribution < -0.4 is 0 Å². The Morgan fingerprint density at radius 2 is 1.74 bits per heavy atom. The van der Waals surface area contributed by atoms with E-state index in [0.29, 0.717) is 6.04 Å². The maximum absolute atomic E-state index is 9.48. The third-order valence-electron chi connectivity index (χ3n) is 6.37. The van der Waals surface area contributed by atoms with Gasteiger partial charge in [0, 0.05) is 38.8 Å². The average molecular weight is 371 g/mol. The normalized spacial score (nSPS) is 26.3. The molecule has 1 atom stereocenters. The largest absolute Gasteiger partial charge is 0.365 e.